The van der Waals surface area contributed by atoms with Gasteiger partial charge in [0.2, 0.25) is 5.95 Å². The number of hydrogen-bond acceptors (Lipinski definition) is 5. The number of nitrogens with one attached hydrogen (secondary N) is 2. The number of aryl methyl sites for hydroxylation is 2. The third-order valence-corrected chi connectivity index (χ3v) is 4.10. The van der Waals surface area contributed by atoms with Crippen LogP contribution in [0.15, 0.2) is 54.6 Å². The second-order valence-electron chi connectivity index (χ2n) is 6.10. The topological polar surface area (TPSA) is 59.1 Å². The van der Waals surface area contributed by atoms with Crippen LogP contribution in [0.5, 0.6) is 5.75 Å². The molecule has 0 spiro atoms. The number of methoxy groups -OCH3 is 1. The van der Waals surface area contributed by atoms with E-state index >= 15 is 0 Å². The molecule has 0 aliphatic heterocycles. The van der Waals surface area contributed by atoms with E-state index in [2.05, 4.69) is 51.8 Å². The third kappa shape index (κ3) is 4.72. The maximum Gasteiger partial charge on any atom is 0.225 e. The zero-order chi connectivity index (χ0) is 18.4. The molecule has 0 unspecified atom stereocenters. The summed E-state index contributed by atoms with van der Waals surface area (Å²) in [5.74, 6) is 2.23. The Bertz CT molecular complexity index is 845. The first-order valence-electron chi connectivity index (χ1n) is 8.74. The Labute approximate surface area is 154 Å². The average molecular weight is 348 g/mol. The molecule has 0 amide bonds. The lowest BCUT2D eigenvalue weighted by atomic mass is 10.1. The van der Waals surface area contributed by atoms with Gasteiger partial charge in [0, 0.05) is 24.0 Å². The number of aromatic nitrogens is 2. The van der Waals surface area contributed by atoms with Gasteiger partial charge in [-0.1, -0.05) is 31.2 Å². The molecule has 0 bridgehead atoms. The van der Waals surface area contributed by atoms with Crippen LogP contribution in [0, 0.1) is 6.92 Å². The van der Waals surface area contributed by atoms with Gasteiger partial charge in [-0.2, -0.15) is 4.98 Å². The van der Waals surface area contributed by atoms with Crippen LogP contribution < -0.4 is 15.4 Å². The van der Waals surface area contributed by atoms with E-state index in [-0.39, 0.29) is 0 Å². The van der Waals surface area contributed by atoms with Crippen molar-refractivity contribution in [3.05, 3.63) is 71.4 Å². The van der Waals surface area contributed by atoms with Gasteiger partial charge in [-0.3, -0.25) is 0 Å². The minimum atomic E-state index is 0.605. The van der Waals surface area contributed by atoms with Crippen molar-refractivity contribution in [2.45, 2.75) is 26.8 Å². The summed E-state index contributed by atoms with van der Waals surface area (Å²) in [6, 6.07) is 18.3. The van der Waals surface area contributed by atoms with Crippen molar-refractivity contribution >= 4 is 17.5 Å². The highest BCUT2D eigenvalue weighted by atomic mass is 16.5. The molecular formula is C21H24N4O. The van der Waals surface area contributed by atoms with Crippen molar-refractivity contribution in [3.63, 3.8) is 0 Å². The zero-order valence-electron chi connectivity index (χ0n) is 15.4. The van der Waals surface area contributed by atoms with E-state index in [1.807, 2.05) is 37.3 Å². The summed E-state index contributed by atoms with van der Waals surface area (Å²) in [5, 5.41) is 6.62. The number of rotatable bonds is 7. The van der Waals surface area contributed by atoms with Crippen LogP contribution in [-0.2, 0) is 13.0 Å². The van der Waals surface area contributed by atoms with Gasteiger partial charge >= 0.3 is 0 Å². The highest BCUT2D eigenvalue weighted by Crippen LogP contribution is 2.18. The van der Waals surface area contributed by atoms with Gasteiger partial charge in [0.25, 0.3) is 0 Å². The predicted molar refractivity (Wildman–Crippen MR) is 106 cm³/mol. The Morgan fingerprint density at radius 3 is 2.27 bits per heavy atom. The van der Waals surface area contributed by atoms with Crippen LogP contribution >= 0.6 is 0 Å². The maximum atomic E-state index is 5.18. The smallest absolute Gasteiger partial charge is 0.225 e. The molecule has 0 aliphatic carbocycles. The van der Waals surface area contributed by atoms with Gasteiger partial charge < -0.3 is 15.4 Å². The van der Waals surface area contributed by atoms with Crippen molar-refractivity contribution in [1.29, 1.82) is 0 Å². The van der Waals surface area contributed by atoms with Crippen molar-refractivity contribution < 1.29 is 4.74 Å². The summed E-state index contributed by atoms with van der Waals surface area (Å²) >= 11 is 0. The minimum Gasteiger partial charge on any atom is -0.497 e. The number of ether oxygens (including phenoxy) is 1. The number of benzene rings is 2. The summed E-state index contributed by atoms with van der Waals surface area (Å²) < 4.78 is 5.18. The lowest BCUT2D eigenvalue weighted by molar-refractivity contribution is 0.414. The lowest BCUT2D eigenvalue weighted by Crippen LogP contribution is -2.06. The second-order valence-corrected chi connectivity index (χ2v) is 6.10. The SMILES string of the molecule is CCc1ccc(Nc2cc(C)nc(NCc3ccc(OC)cc3)n2)cc1. The summed E-state index contributed by atoms with van der Waals surface area (Å²) in [6.45, 7) is 4.76. The Morgan fingerprint density at radius 2 is 1.62 bits per heavy atom. The van der Waals surface area contributed by atoms with Gasteiger partial charge in [-0.25, -0.2) is 4.98 Å². The Kier molecular flexibility index (Phi) is 5.69. The summed E-state index contributed by atoms with van der Waals surface area (Å²) in [7, 11) is 1.66. The van der Waals surface area contributed by atoms with Crippen molar-refractivity contribution in [2.75, 3.05) is 17.7 Å². The van der Waals surface area contributed by atoms with E-state index in [1.165, 1.54) is 5.56 Å². The Balaban J connectivity index is 1.67. The van der Waals surface area contributed by atoms with Crippen LogP contribution in [0.4, 0.5) is 17.5 Å². The van der Waals surface area contributed by atoms with Gasteiger partial charge in [0.15, 0.2) is 0 Å². The monoisotopic (exact) mass is 348 g/mol. The zero-order valence-corrected chi connectivity index (χ0v) is 15.4. The summed E-state index contributed by atoms with van der Waals surface area (Å²) in [5.41, 5.74) is 4.38. The highest BCUT2D eigenvalue weighted by molar-refractivity contribution is 5.58. The Hall–Kier alpha value is -3.08. The molecule has 26 heavy (non-hydrogen) atoms. The molecule has 1 aromatic heterocycles. The third-order valence-electron chi connectivity index (χ3n) is 4.10. The molecule has 0 radical (unpaired) electrons. The van der Waals surface area contributed by atoms with Gasteiger partial charge in [-0.05, 0) is 48.7 Å². The van der Waals surface area contributed by atoms with Crippen molar-refractivity contribution in [3.8, 4) is 5.75 Å². The summed E-state index contributed by atoms with van der Waals surface area (Å²) in [6.07, 6.45) is 1.03. The molecule has 3 rings (SSSR count). The first-order valence-corrected chi connectivity index (χ1v) is 8.74. The summed E-state index contributed by atoms with van der Waals surface area (Å²) in [4.78, 5) is 9.03. The van der Waals surface area contributed by atoms with Crippen LogP contribution in [-0.4, -0.2) is 17.1 Å². The van der Waals surface area contributed by atoms with Crippen LogP contribution in [0.3, 0.4) is 0 Å². The van der Waals surface area contributed by atoms with E-state index in [4.69, 9.17) is 4.74 Å². The van der Waals surface area contributed by atoms with Gasteiger partial charge in [-0.15, -0.1) is 0 Å². The molecule has 0 aliphatic rings. The van der Waals surface area contributed by atoms with Gasteiger partial charge in [0.05, 0.1) is 7.11 Å². The van der Waals surface area contributed by atoms with E-state index in [1.54, 1.807) is 7.11 Å². The van der Waals surface area contributed by atoms with Crippen LogP contribution in [0.1, 0.15) is 23.7 Å². The highest BCUT2D eigenvalue weighted by Gasteiger charge is 2.04. The molecule has 1 heterocycles. The minimum absolute atomic E-state index is 0.605. The predicted octanol–water partition coefficient (Wildman–Crippen LogP) is 4.71. The Morgan fingerprint density at radius 1 is 0.923 bits per heavy atom. The number of hydrogen-bond donors (Lipinski definition) is 2. The quantitative estimate of drug-likeness (QED) is 0.647. The number of anilines is 3. The van der Waals surface area contributed by atoms with Crippen LogP contribution in [0.2, 0.25) is 0 Å². The van der Waals surface area contributed by atoms with E-state index < -0.39 is 0 Å². The van der Waals surface area contributed by atoms with E-state index in [0.29, 0.717) is 12.5 Å². The maximum absolute atomic E-state index is 5.18. The fourth-order valence-corrected chi connectivity index (χ4v) is 2.61. The van der Waals surface area contributed by atoms with Crippen molar-refractivity contribution in [1.82, 2.24) is 9.97 Å². The van der Waals surface area contributed by atoms with E-state index in [9.17, 15) is 0 Å². The van der Waals surface area contributed by atoms with Crippen LogP contribution in [0.25, 0.3) is 0 Å². The molecule has 2 N–H and O–H groups in total. The molecule has 5 heteroatoms. The molecule has 0 saturated heterocycles. The largest absolute Gasteiger partial charge is 0.497 e. The molecule has 5 nitrogen and oxygen atoms in total. The molecule has 0 fully saturated rings. The fourth-order valence-electron chi connectivity index (χ4n) is 2.61. The molecule has 2 aromatic carbocycles. The standard InChI is InChI=1S/C21H24N4O/c1-4-16-5-9-18(10-6-16)24-20-13-15(2)23-21(25-20)22-14-17-7-11-19(26-3)12-8-17/h5-13H,4,14H2,1-3H3,(H2,22,23,24,25). The molecule has 3 aromatic rings. The second kappa shape index (κ2) is 8.34. The molecule has 0 saturated carbocycles. The first kappa shape index (κ1) is 17.7. The fraction of sp³-hybridized carbons (Fsp3) is 0.238. The van der Waals surface area contributed by atoms with E-state index in [0.717, 1.165) is 34.9 Å². The van der Waals surface area contributed by atoms with Gasteiger partial charge in [0.1, 0.15) is 11.6 Å². The molecule has 0 atom stereocenters. The van der Waals surface area contributed by atoms with Crippen molar-refractivity contribution in [2.24, 2.45) is 0 Å². The average Bonchev–Trinajstić information content (AvgIpc) is 2.67. The molecule has 134 valence electrons. The lowest BCUT2D eigenvalue weighted by Gasteiger charge is -2.11. The number of nitrogens with zero attached hydrogens (tertiary/aromatic N) is 2. The normalized spacial score (nSPS) is 10.4. The first-order chi connectivity index (χ1) is 12.7. The molecular weight excluding hydrogens is 324 g/mol.